The van der Waals surface area contributed by atoms with Crippen molar-refractivity contribution in [2.24, 2.45) is 7.05 Å². The minimum absolute atomic E-state index is 0.123. The number of carbonyl (C=O) groups is 1. The third-order valence-corrected chi connectivity index (χ3v) is 3.82. The molecule has 0 saturated carbocycles. The van der Waals surface area contributed by atoms with Crippen LogP contribution < -0.4 is 15.6 Å². The van der Waals surface area contributed by atoms with Crippen molar-refractivity contribution in [1.82, 2.24) is 5.27 Å². The number of rotatable bonds is 5. The summed E-state index contributed by atoms with van der Waals surface area (Å²) < 4.78 is 6.08. The second kappa shape index (κ2) is 6.62. The fourth-order valence-electron chi connectivity index (χ4n) is 1.48. The maximum absolute atomic E-state index is 11.7. The van der Waals surface area contributed by atoms with Gasteiger partial charge < -0.3 is 5.32 Å². The minimum atomic E-state index is -0.435. The summed E-state index contributed by atoms with van der Waals surface area (Å²) in [6, 6.07) is 6.87. The Hall–Kier alpha value is -1.73. The van der Waals surface area contributed by atoms with E-state index in [0.29, 0.717) is 21.5 Å². The topological polar surface area (TPSA) is 79.0 Å². The molecule has 6 nitrogen and oxygen atoms in total. The highest BCUT2D eigenvalue weighted by Crippen LogP contribution is 2.14. The van der Waals surface area contributed by atoms with Crippen molar-refractivity contribution in [2.75, 3.05) is 11.1 Å². The van der Waals surface area contributed by atoms with Gasteiger partial charge in [-0.15, -0.1) is 0 Å². The molecule has 1 aromatic heterocycles. The summed E-state index contributed by atoms with van der Waals surface area (Å²) in [6.07, 6.45) is 0.290. The van der Waals surface area contributed by atoms with Gasteiger partial charge in [0.15, 0.2) is 7.05 Å². The number of nitrogens with one attached hydrogen (secondary N) is 2. The lowest BCUT2D eigenvalue weighted by Crippen LogP contribution is -2.33. The smallest absolute Gasteiger partial charge is 0.326 e. The van der Waals surface area contributed by atoms with Gasteiger partial charge in [-0.05, 0) is 41.3 Å². The van der Waals surface area contributed by atoms with E-state index < -0.39 is 5.63 Å². The summed E-state index contributed by atoms with van der Waals surface area (Å²) in [7, 11) is 1.67. The van der Waals surface area contributed by atoms with E-state index >= 15 is 0 Å². The average molecular weight is 315 g/mol. The Bertz CT molecular complexity index is 651. The monoisotopic (exact) mass is 314 g/mol. The fraction of sp³-hybridized carbons (Fsp3) is 0.250. The highest BCUT2D eigenvalue weighted by Gasteiger charge is 2.17. The molecule has 0 atom stereocenters. The molecule has 106 valence electrons. The predicted octanol–water partition coefficient (Wildman–Crippen LogP) is 1.57. The number of hydrogen-bond donors (Lipinski definition) is 2. The first kappa shape index (κ1) is 14.7. The normalized spacial score (nSPS) is 10.5. The van der Waals surface area contributed by atoms with Crippen LogP contribution >= 0.6 is 23.4 Å². The van der Waals surface area contributed by atoms with Crippen molar-refractivity contribution in [1.29, 1.82) is 0 Å². The van der Waals surface area contributed by atoms with E-state index in [1.54, 1.807) is 31.3 Å². The van der Waals surface area contributed by atoms with Gasteiger partial charge in [-0.3, -0.25) is 9.32 Å². The summed E-state index contributed by atoms with van der Waals surface area (Å²) in [6.45, 7) is 0. The number of aryl methyl sites for hydroxylation is 1. The number of anilines is 1. The molecule has 0 bridgehead atoms. The Kier molecular flexibility index (Phi) is 4.86. The lowest BCUT2D eigenvalue weighted by molar-refractivity contribution is -0.772. The van der Waals surface area contributed by atoms with Crippen LogP contribution in [-0.2, 0) is 11.8 Å². The molecular weight excluding hydrogens is 302 g/mol. The lowest BCUT2D eigenvalue weighted by Gasteiger charge is -2.03. The van der Waals surface area contributed by atoms with Crippen LogP contribution in [0.15, 0.2) is 38.6 Å². The van der Waals surface area contributed by atoms with Crippen LogP contribution in [0.4, 0.5) is 5.69 Å². The van der Waals surface area contributed by atoms with Crippen molar-refractivity contribution in [3.05, 3.63) is 39.7 Å². The van der Waals surface area contributed by atoms with Crippen molar-refractivity contribution in [3.8, 4) is 0 Å². The Labute approximate surface area is 124 Å². The van der Waals surface area contributed by atoms with Crippen LogP contribution in [0.5, 0.6) is 0 Å². The number of carbonyl (C=O) groups excluding carboxylic acids is 1. The van der Waals surface area contributed by atoms with Gasteiger partial charge in [-0.25, -0.2) is 4.79 Å². The van der Waals surface area contributed by atoms with Crippen molar-refractivity contribution >= 4 is 35.0 Å². The summed E-state index contributed by atoms with van der Waals surface area (Å²) in [5.41, 5.74) is 0.256. The number of amides is 1. The highest BCUT2D eigenvalue weighted by molar-refractivity contribution is 7.99. The molecular formula is C12H13ClN3O3S+. The standard InChI is InChI=1S/C12H12ClN3O3S/c1-16-11(12(18)19-15-16)20-7-6-10(17)14-9-4-2-8(13)3-5-9/h2-5H,6-7H2,1H3,(H-,14,15,17,18)/p+1. The van der Waals surface area contributed by atoms with Gasteiger partial charge >= 0.3 is 10.7 Å². The number of H-pyrrole nitrogens is 1. The Morgan fingerprint density at radius 1 is 1.45 bits per heavy atom. The molecule has 2 aromatic rings. The molecule has 0 unspecified atom stereocenters. The highest BCUT2D eigenvalue weighted by atomic mass is 35.5. The zero-order chi connectivity index (χ0) is 14.5. The quantitative estimate of drug-likeness (QED) is 0.648. The Balaban J connectivity index is 1.81. The van der Waals surface area contributed by atoms with Crippen LogP contribution in [-0.4, -0.2) is 16.9 Å². The zero-order valence-electron chi connectivity index (χ0n) is 10.7. The van der Waals surface area contributed by atoms with E-state index in [4.69, 9.17) is 11.6 Å². The summed E-state index contributed by atoms with van der Waals surface area (Å²) in [4.78, 5) is 23.0. The molecule has 1 amide bonds. The summed E-state index contributed by atoms with van der Waals surface area (Å²) >= 11 is 7.02. The van der Waals surface area contributed by atoms with Gasteiger partial charge in [0.1, 0.15) is 0 Å². The van der Waals surface area contributed by atoms with Crippen LogP contribution in [0.2, 0.25) is 5.02 Å². The molecule has 2 N–H and O–H groups in total. The first-order chi connectivity index (χ1) is 9.56. The van der Waals surface area contributed by atoms with Crippen LogP contribution in [0.25, 0.3) is 0 Å². The molecule has 0 spiro atoms. The van der Waals surface area contributed by atoms with E-state index in [9.17, 15) is 9.59 Å². The van der Waals surface area contributed by atoms with Gasteiger partial charge in [0.25, 0.3) is 0 Å². The fourth-order valence-corrected chi connectivity index (χ4v) is 2.48. The zero-order valence-corrected chi connectivity index (χ0v) is 12.3. The van der Waals surface area contributed by atoms with Gasteiger partial charge in [-0.2, -0.15) is 0 Å². The molecule has 8 heteroatoms. The van der Waals surface area contributed by atoms with Crippen molar-refractivity contribution in [3.63, 3.8) is 0 Å². The second-order valence-corrected chi connectivity index (χ2v) is 5.52. The number of nitrogens with zero attached hydrogens (tertiary/aromatic N) is 1. The summed E-state index contributed by atoms with van der Waals surface area (Å²) in [5, 5.41) is 6.22. The van der Waals surface area contributed by atoms with Crippen LogP contribution in [0, 0.1) is 0 Å². The maximum Gasteiger partial charge on any atom is 0.441 e. The molecule has 0 radical (unpaired) electrons. The summed E-state index contributed by atoms with van der Waals surface area (Å²) in [5.74, 6) is 0.359. The van der Waals surface area contributed by atoms with Crippen molar-refractivity contribution < 1.29 is 14.0 Å². The molecule has 1 aromatic carbocycles. The number of aromatic nitrogens is 2. The number of halogens is 1. The Morgan fingerprint density at radius 3 is 2.75 bits per heavy atom. The Morgan fingerprint density at radius 2 is 2.15 bits per heavy atom. The predicted molar refractivity (Wildman–Crippen MR) is 75.9 cm³/mol. The molecule has 20 heavy (non-hydrogen) atoms. The van der Waals surface area contributed by atoms with E-state index in [-0.39, 0.29) is 12.3 Å². The molecule has 2 rings (SSSR count). The molecule has 0 aliphatic carbocycles. The third kappa shape index (κ3) is 3.88. The average Bonchev–Trinajstić information content (AvgIpc) is 2.73. The van der Waals surface area contributed by atoms with Gasteiger partial charge in [0, 0.05) is 22.9 Å². The molecule has 0 aliphatic heterocycles. The number of aromatic amines is 1. The first-order valence-corrected chi connectivity index (χ1v) is 7.18. The molecule has 0 fully saturated rings. The number of hydrogen-bond acceptors (Lipinski definition) is 4. The largest absolute Gasteiger partial charge is 0.441 e. The lowest BCUT2D eigenvalue weighted by atomic mass is 10.3. The van der Waals surface area contributed by atoms with E-state index in [1.165, 1.54) is 16.4 Å². The second-order valence-electron chi connectivity index (χ2n) is 4.00. The van der Waals surface area contributed by atoms with Gasteiger partial charge in [-0.1, -0.05) is 16.3 Å². The van der Waals surface area contributed by atoms with Crippen molar-refractivity contribution in [2.45, 2.75) is 11.4 Å². The third-order valence-electron chi connectivity index (χ3n) is 2.45. The SMILES string of the molecule is C[n+]1[nH]oc(=O)c1SCCC(=O)Nc1ccc(Cl)cc1. The minimum Gasteiger partial charge on any atom is -0.326 e. The van der Waals surface area contributed by atoms with Crippen LogP contribution in [0.3, 0.4) is 0 Å². The maximum atomic E-state index is 11.7. The molecule has 1 heterocycles. The van der Waals surface area contributed by atoms with Crippen LogP contribution in [0.1, 0.15) is 6.42 Å². The van der Waals surface area contributed by atoms with Gasteiger partial charge in [0.05, 0.1) is 0 Å². The number of benzene rings is 1. The van der Waals surface area contributed by atoms with Gasteiger partial charge in [0.2, 0.25) is 5.91 Å². The first-order valence-electron chi connectivity index (χ1n) is 5.82. The van der Waals surface area contributed by atoms with E-state index in [2.05, 4.69) is 15.1 Å². The van der Waals surface area contributed by atoms with E-state index in [1.807, 2.05) is 0 Å². The van der Waals surface area contributed by atoms with E-state index in [0.717, 1.165) is 0 Å². The molecule has 0 saturated heterocycles. The molecule has 0 aliphatic rings. The number of thioether (sulfide) groups is 1.